The van der Waals surface area contributed by atoms with Gasteiger partial charge in [-0.15, -0.1) is 0 Å². The van der Waals surface area contributed by atoms with Gasteiger partial charge < -0.3 is 15.0 Å². The SMILES string of the molecule is COc1cccc(C(CNC(=O)c2ccc3c(c2)C(=O)N(C2CCCCC2)C3=O)N(C)C)c1. The fraction of sp³-hybridized carbons (Fsp3) is 0.423. The van der Waals surface area contributed by atoms with Crippen LogP contribution in [0.2, 0.25) is 0 Å². The molecule has 174 valence electrons. The zero-order valence-electron chi connectivity index (χ0n) is 19.5. The Morgan fingerprint density at radius 3 is 2.48 bits per heavy atom. The zero-order chi connectivity index (χ0) is 23.5. The van der Waals surface area contributed by atoms with Gasteiger partial charge in [-0.1, -0.05) is 31.4 Å². The lowest BCUT2D eigenvalue weighted by Crippen LogP contribution is -2.40. The van der Waals surface area contributed by atoms with Gasteiger partial charge in [-0.05, 0) is 62.8 Å². The molecule has 33 heavy (non-hydrogen) atoms. The average molecular weight is 450 g/mol. The van der Waals surface area contributed by atoms with Crippen molar-refractivity contribution in [3.05, 3.63) is 64.7 Å². The molecule has 2 aromatic carbocycles. The van der Waals surface area contributed by atoms with Gasteiger partial charge in [0, 0.05) is 18.2 Å². The molecule has 1 aliphatic carbocycles. The van der Waals surface area contributed by atoms with Crippen LogP contribution in [-0.2, 0) is 0 Å². The van der Waals surface area contributed by atoms with Crippen LogP contribution in [0.4, 0.5) is 0 Å². The fourth-order valence-electron chi connectivity index (χ4n) is 4.81. The molecule has 4 rings (SSSR count). The maximum atomic E-state index is 13.0. The summed E-state index contributed by atoms with van der Waals surface area (Å²) in [5.74, 6) is -0.0300. The van der Waals surface area contributed by atoms with E-state index in [1.807, 2.05) is 43.3 Å². The molecule has 1 N–H and O–H groups in total. The number of amides is 3. The normalized spacial score (nSPS) is 17.3. The molecule has 7 nitrogen and oxygen atoms in total. The standard InChI is InChI=1S/C26H31N3O4/c1-28(2)23(17-8-7-11-20(14-17)33-3)16-27-24(30)18-12-13-21-22(15-18)26(32)29(25(21)31)19-9-5-4-6-10-19/h7-8,11-15,19,23H,4-6,9-10,16H2,1-3H3,(H,27,30). The van der Waals surface area contributed by atoms with Gasteiger partial charge in [-0.3, -0.25) is 19.3 Å². The molecule has 7 heteroatoms. The highest BCUT2D eigenvalue weighted by atomic mass is 16.5. The second-order valence-electron chi connectivity index (χ2n) is 9.00. The van der Waals surface area contributed by atoms with Crippen molar-refractivity contribution < 1.29 is 19.1 Å². The first kappa shape index (κ1) is 23.0. The van der Waals surface area contributed by atoms with E-state index in [1.54, 1.807) is 25.3 Å². The first-order chi connectivity index (χ1) is 15.9. The van der Waals surface area contributed by atoms with Crippen LogP contribution in [0.5, 0.6) is 5.75 Å². The zero-order valence-corrected chi connectivity index (χ0v) is 19.5. The predicted molar refractivity (Wildman–Crippen MR) is 126 cm³/mol. The molecule has 2 aliphatic rings. The molecule has 0 aromatic heterocycles. The van der Waals surface area contributed by atoms with Crippen molar-refractivity contribution in [1.29, 1.82) is 0 Å². The number of methoxy groups -OCH3 is 1. The van der Waals surface area contributed by atoms with Gasteiger partial charge in [0.05, 0.1) is 24.3 Å². The lowest BCUT2D eigenvalue weighted by molar-refractivity contribution is 0.0548. The van der Waals surface area contributed by atoms with E-state index >= 15 is 0 Å². The Hall–Kier alpha value is -3.19. The van der Waals surface area contributed by atoms with Crippen molar-refractivity contribution in [1.82, 2.24) is 15.1 Å². The number of ether oxygens (including phenoxy) is 1. The smallest absolute Gasteiger partial charge is 0.261 e. The molecule has 1 heterocycles. The number of nitrogens with zero attached hydrogens (tertiary/aromatic N) is 2. The summed E-state index contributed by atoms with van der Waals surface area (Å²) in [7, 11) is 5.53. The van der Waals surface area contributed by atoms with Gasteiger partial charge in [-0.25, -0.2) is 0 Å². The van der Waals surface area contributed by atoms with Gasteiger partial charge in [0.1, 0.15) is 5.75 Å². The highest BCUT2D eigenvalue weighted by molar-refractivity contribution is 6.22. The lowest BCUT2D eigenvalue weighted by atomic mass is 9.94. The summed E-state index contributed by atoms with van der Waals surface area (Å²) in [5, 5.41) is 2.98. The van der Waals surface area contributed by atoms with Crippen LogP contribution in [0.3, 0.4) is 0 Å². The van der Waals surface area contributed by atoms with Crippen molar-refractivity contribution in [3.63, 3.8) is 0 Å². The average Bonchev–Trinajstić information content (AvgIpc) is 3.08. The summed E-state index contributed by atoms with van der Waals surface area (Å²) >= 11 is 0. The first-order valence-electron chi connectivity index (χ1n) is 11.5. The van der Waals surface area contributed by atoms with Crippen molar-refractivity contribution in [2.75, 3.05) is 27.7 Å². The van der Waals surface area contributed by atoms with Crippen molar-refractivity contribution in [2.45, 2.75) is 44.2 Å². The maximum absolute atomic E-state index is 13.0. The van der Waals surface area contributed by atoms with Gasteiger partial charge >= 0.3 is 0 Å². The van der Waals surface area contributed by atoms with E-state index in [-0.39, 0.29) is 29.8 Å². The lowest BCUT2D eigenvalue weighted by Gasteiger charge is -2.29. The molecule has 1 fully saturated rings. The predicted octanol–water partition coefficient (Wildman–Crippen LogP) is 3.66. The quantitative estimate of drug-likeness (QED) is 0.653. The van der Waals surface area contributed by atoms with Crippen molar-refractivity contribution >= 4 is 17.7 Å². The summed E-state index contributed by atoms with van der Waals surface area (Å²) in [6.07, 6.45) is 4.93. The Bertz CT molecular complexity index is 1060. The van der Waals surface area contributed by atoms with E-state index in [0.29, 0.717) is 23.2 Å². The van der Waals surface area contributed by atoms with Crippen LogP contribution in [0.15, 0.2) is 42.5 Å². The molecule has 1 atom stereocenters. The van der Waals surface area contributed by atoms with E-state index in [0.717, 1.165) is 43.4 Å². The van der Waals surface area contributed by atoms with Gasteiger partial charge in [0.15, 0.2) is 0 Å². The third kappa shape index (κ3) is 4.64. The minimum atomic E-state index is -0.279. The van der Waals surface area contributed by atoms with Gasteiger partial charge in [0.25, 0.3) is 17.7 Å². The van der Waals surface area contributed by atoms with E-state index < -0.39 is 0 Å². The number of nitrogens with one attached hydrogen (secondary N) is 1. The molecule has 0 radical (unpaired) electrons. The van der Waals surface area contributed by atoms with Gasteiger partial charge in [-0.2, -0.15) is 0 Å². The van der Waals surface area contributed by atoms with Crippen LogP contribution < -0.4 is 10.1 Å². The monoisotopic (exact) mass is 449 g/mol. The summed E-state index contributed by atoms with van der Waals surface area (Å²) < 4.78 is 5.32. The van der Waals surface area contributed by atoms with E-state index in [9.17, 15) is 14.4 Å². The van der Waals surface area contributed by atoms with Gasteiger partial charge in [0.2, 0.25) is 0 Å². The third-order valence-corrected chi connectivity index (χ3v) is 6.68. The van der Waals surface area contributed by atoms with Crippen LogP contribution >= 0.6 is 0 Å². The number of rotatable bonds is 7. The Balaban J connectivity index is 1.48. The van der Waals surface area contributed by atoms with Crippen molar-refractivity contribution in [3.8, 4) is 5.75 Å². The number of likely N-dealkylation sites (N-methyl/N-ethyl adjacent to an activating group) is 1. The molecule has 1 saturated carbocycles. The summed E-state index contributed by atoms with van der Waals surface area (Å²) in [4.78, 5) is 42.3. The highest BCUT2D eigenvalue weighted by Gasteiger charge is 2.40. The number of hydrogen-bond donors (Lipinski definition) is 1. The van der Waals surface area contributed by atoms with Crippen molar-refractivity contribution in [2.24, 2.45) is 0 Å². The molecule has 3 amide bonds. The summed E-state index contributed by atoms with van der Waals surface area (Å²) in [6.45, 7) is 0.386. The molecular weight excluding hydrogens is 418 g/mol. The summed E-state index contributed by atoms with van der Waals surface area (Å²) in [6, 6.07) is 12.5. The second-order valence-corrected chi connectivity index (χ2v) is 9.00. The molecule has 2 aromatic rings. The number of fused-ring (bicyclic) bond motifs is 1. The fourth-order valence-corrected chi connectivity index (χ4v) is 4.81. The Morgan fingerprint density at radius 2 is 1.79 bits per heavy atom. The second kappa shape index (κ2) is 9.75. The Labute approximate surface area is 194 Å². The molecule has 0 bridgehead atoms. The summed E-state index contributed by atoms with van der Waals surface area (Å²) in [5.41, 5.74) is 2.13. The van der Waals surface area contributed by atoms with Crippen LogP contribution in [0.1, 0.15) is 74.8 Å². The minimum Gasteiger partial charge on any atom is -0.497 e. The Morgan fingerprint density at radius 1 is 1.06 bits per heavy atom. The van der Waals surface area contributed by atoms with Crippen LogP contribution in [0, 0.1) is 0 Å². The Kier molecular flexibility index (Phi) is 6.79. The van der Waals surface area contributed by atoms with Crippen LogP contribution in [-0.4, -0.2) is 61.3 Å². The van der Waals surface area contributed by atoms with E-state index in [2.05, 4.69) is 5.32 Å². The maximum Gasteiger partial charge on any atom is 0.261 e. The molecule has 1 aliphatic heterocycles. The number of carbonyl (C=O) groups excluding carboxylic acids is 3. The highest BCUT2D eigenvalue weighted by Crippen LogP contribution is 2.31. The molecular formula is C26H31N3O4. The van der Waals surface area contributed by atoms with E-state index in [1.165, 1.54) is 4.90 Å². The van der Waals surface area contributed by atoms with Crippen LogP contribution in [0.25, 0.3) is 0 Å². The molecule has 0 spiro atoms. The molecule has 0 saturated heterocycles. The number of benzene rings is 2. The van der Waals surface area contributed by atoms with E-state index in [4.69, 9.17) is 4.74 Å². The topological polar surface area (TPSA) is 79.0 Å². The number of imide groups is 1. The molecule has 1 unspecified atom stereocenters. The largest absolute Gasteiger partial charge is 0.497 e. The first-order valence-corrected chi connectivity index (χ1v) is 11.5. The number of hydrogen-bond acceptors (Lipinski definition) is 5. The third-order valence-electron chi connectivity index (χ3n) is 6.68. The number of carbonyl (C=O) groups is 3. The minimum absolute atomic E-state index is 0.0351.